The number of nitro groups is 1. The minimum atomic E-state index is -2.23. The minimum Gasteiger partial charge on any atom is -0.456 e. The fraction of sp³-hybridized carbons (Fsp3) is 0.0847. The molecule has 0 bridgehead atoms. The van der Waals surface area contributed by atoms with Crippen molar-refractivity contribution in [2.45, 2.75) is 31.7 Å². The van der Waals surface area contributed by atoms with Crippen LogP contribution in [0.15, 0.2) is 231 Å². The molecule has 2 heterocycles. The zero-order chi connectivity index (χ0) is 47.2. The molecule has 10 rings (SSSR count). The van der Waals surface area contributed by atoms with Gasteiger partial charge in [0.05, 0.1) is 34.9 Å². The second kappa shape index (κ2) is 19.9. The molecule has 8 aromatic carbocycles. The highest BCUT2D eigenvalue weighted by atomic mass is 31.2. The Balaban J connectivity index is 0.918. The van der Waals surface area contributed by atoms with Crippen LogP contribution < -0.4 is 31.4 Å². The van der Waals surface area contributed by atoms with Crippen LogP contribution in [-0.2, 0) is 29.1 Å². The molecular weight excluding hydrogens is 876 g/mol. The van der Waals surface area contributed by atoms with Crippen LogP contribution in [0.4, 0.5) is 11.4 Å². The minimum absolute atomic E-state index is 0.0236. The van der Waals surface area contributed by atoms with E-state index in [9.17, 15) is 19.7 Å². The molecular formula is C59H48N4O5P+. The van der Waals surface area contributed by atoms with Crippen LogP contribution in [0.5, 0.6) is 0 Å². The average molecular weight is 924 g/mol. The molecule has 9 nitrogen and oxygen atoms in total. The number of hydrogen-bond donors (Lipinski definition) is 2. The molecule has 1 aliphatic rings. The van der Waals surface area contributed by atoms with Gasteiger partial charge >= 0.3 is 5.97 Å². The van der Waals surface area contributed by atoms with Gasteiger partial charge in [0.15, 0.2) is 0 Å². The highest BCUT2D eigenvalue weighted by molar-refractivity contribution is 8.01. The monoisotopic (exact) mass is 923 g/mol. The van der Waals surface area contributed by atoms with E-state index < -0.39 is 30.2 Å². The largest absolute Gasteiger partial charge is 0.456 e. The number of H-pyrrole nitrogens is 1. The van der Waals surface area contributed by atoms with Gasteiger partial charge in [-0.05, 0) is 94.4 Å². The number of non-ortho nitro benzene ring substituents is 1. The number of amides is 1. The van der Waals surface area contributed by atoms with Crippen molar-refractivity contribution in [2.75, 3.05) is 4.90 Å². The highest BCUT2D eigenvalue weighted by Gasteiger charge is 2.47. The predicted octanol–water partition coefficient (Wildman–Crippen LogP) is 10.4. The molecule has 9 aromatic rings. The number of hydrogen-bond acceptors (Lipinski definition) is 6. The maximum Gasteiger partial charge on any atom is 0.355 e. The van der Waals surface area contributed by atoms with Gasteiger partial charge in [-0.2, -0.15) is 0 Å². The topological polar surface area (TPSA) is 118 Å². The number of fused-ring (bicyclic) bond motifs is 1. The molecule has 2 atom stereocenters. The lowest BCUT2D eigenvalue weighted by Gasteiger charge is -2.27. The van der Waals surface area contributed by atoms with E-state index in [0.717, 1.165) is 27.8 Å². The summed E-state index contributed by atoms with van der Waals surface area (Å²) < 4.78 is 5.95. The summed E-state index contributed by atoms with van der Waals surface area (Å²) in [7, 11) is -2.23. The molecule has 0 radical (unpaired) electrons. The van der Waals surface area contributed by atoms with E-state index in [-0.39, 0.29) is 30.4 Å². The van der Waals surface area contributed by atoms with Gasteiger partial charge in [-0.1, -0.05) is 164 Å². The summed E-state index contributed by atoms with van der Waals surface area (Å²) in [6.45, 7) is 0.277. The highest BCUT2D eigenvalue weighted by Crippen LogP contribution is 2.54. The van der Waals surface area contributed by atoms with Crippen LogP contribution in [-0.4, -0.2) is 27.8 Å². The first kappa shape index (κ1) is 44.6. The lowest BCUT2D eigenvalue weighted by molar-refractivity contribution is -0.384. The molecule has 1 amide bonds. The van der Waals surface area contributed by atoms with Crippen molar-refractivity contribution >= 4 is 51.7 Å². The zero-order valence-corrected chi connectivity index (χ0v) is 38.5. The maximum absolute atomic E-state index is 14.7. The number of benzene rings is 8. The Morgan fingerprint density at radius 2 is 1.06 bits per heavy atom. The van der Waals surface area contributed by atoms with Crippen molar-refractivity contribution in [1.82, 2.24) is 10.3 Å². The summed E-state index contributed by atoms with van der Waals surface area (Å²) in [5.74, 6) is -0.758. The smallest absolute Gasteiger partial charge is 0.355 e. The molecule has 0 saturated carbocycles. The van der Waals surface area contributed by atoms with Crippen LogP contribution >= 0.6 is 7.26 Å². The van der Waals surface area contributed by atoms with Crippen molar-refractivity contribution in [2.24, 2.45) is 0 Å². The van der Waals surface area contributed by atoms with Crippen LogP contribution in [0.3, 0.4) is 0 Å². The molecule has 0 unspecified atom stereocenters. The lowest BCUT2D eigenvalue weighted by atomic mass is 10.00. The first-order valence-electron chi connectivity index (χ1n) is 22.9. The lowest BCUT2D eigenvalue weighted by Crippen LogP contribution is -2.46. The number of carbonyl (C=O) groups excluding carboxylic acids is 2. The van der Waals surface area contributed by atoms with Gasteiger partial charge in [0.25, 0.3) is 5.69 Å². The SMILES string of the molecule is O=C(OCc1ccc(-c2ccc([P+](c3ccccc3)(c3ccccc3)c3ccccc3)cc2)cc1)c1cc2c([nH]1)[C@@H](c1ccc([N+](=O)[O-])cc1)N[C@@H](Cc1ccccc1)C(=O)N2Cc1ccccc1. The predicted molar refractivity (Wildman–Crippen MR) is 276 cm³/mol. The molecule has 0 saturated heterocycles. The Labute approximate surface area is 401 Å². The fourth-order valence-corrected chi connectivity index (χ4v) is 13.6. The van der Waals surface area contributed by atoms with E-state index in [4.69, 9.17) is 4.74 Å². The van der Waals surface area contributed by atoms with Crippen molar-refractivity contribution in [1.29, 1.82) is 0 Å². The molecule has 1 aliphatic heterocycles. The van der Waals surface area contributed by atoms with Gasteiger partial charge in [0.2, 0.25) is 5.91 Å². The van der Waals surface area contributed by atoms with E-state index in [1.54, 1.807) is 23.1 Å². The van der Waals surface area contributed by atoms with Gasteiger partial charge < -0.3 is 14.6 Å². The molecule has 338 valence electrons. The van der Waals surface area contributed by atoms with Gasteiger partial charge in [-0.25, -0.2) is 4.79 Å². The van der Waals surface area contributed by atoms with E-state index in [2.05, 4.69) is 126 Å². The Morgan fingerprint density at radius 1 is 0.580 bits per heavy atom. The number of ether oxygens (including phenoxy) is 1. The number of nitrogens with zero attached hydrogens (tertiary/aromatic N) is 2. The normalized spacial score (nSPS) is 14.7. The number of nitro benzene ring substituents is 1. The summed E-state index contributed by atoms with van der Waals surface area (Å²) in [5, 5.41) is 20.3. The van der Waals surface area contributed by atoms with Crippen molar-refractivity contribution < 1.29 is 19.2 Å². The number of aromatic amines is 1. The average Bonchev–Trinajstić information content (AvgIpc) is 3.82. The number of anilines is 1. The van der Waals surface area contributed by atoms with Gasteiger partial charge in [0, 0.05) is 12.1 Å². The molecule has 0 spiro atoms. The quantitative estimate of drug-likeness (QED) is 0.0486. The molecule has 10 heteroatoms. The van der Waals surface area contributed by atoms with Crippen molar-refractivity contribution in [3.63, 3.8) is 0 Å². The summed E-state index contributed by atoms with van der Waals surface area (Å²) >= 11 is 0. The Hall–Kier alpha value is -8.23. The summed E-state index contributed by atoms with van der Waals surface area (Å²) in [4.78, 5) is 45.0. The first-order valence-corrected chi connectivity index (χ1v) is 24.7. The number of rotatable bonds is 14. The molecule has 0 fully saturated rings. The summed E-state index contributed by atoms with van der Waals surface area (Å²) in [6, 6.07) is 75.5. The van der Waals surface area contributed by atoms with Crippen LogP contribution in [0.25, 0.3) is 11.1 Å². The number of nitrogens with one attached hydrogen (secondary N) is 2. The van der Waals surface area contributed by atoms with Crippen LogP contribution in [0, 0.1) is 10.1 Å². The van der Waals surface area contributed by atoms with Crippen molar-refractivity contribution in [3.8, 4) is 11.1 Å². The third kappa shape index (κ3) is 9.26. The molecule has 2 N–H and O–H groups in total. The number of carbonyl (C=O) groups is 2. The summed E-state index contributed by atoms with van der Waals surface area (Å²) in [6.07, 6.45) is 0.399. The van der Waals surface area contributed by atoms with Gasteiger partial charge in [-0.15, -0.1) is 0 Å². The second-order valence-corrected chi connectivity index (χ2v) is 20.5. The van der Waals surface area contributed by atoms with E-state index in [0.29, 0.717) is 23.4 Å². The summed E-state index contributed by atoms with van der Waals surface area (Å²) in [5.41, 5.74) is 6.71. The van der Waals surface area contributed by atoms with Gasteiger partial charge in [-0.3, -0.25) is 20.2 Å². The zero-order valence-electron chi connectivity index (χ0n) is 37.6. The molecule has 69 heavy (non-hydrogen) atoms. The van der Waals surface area contributed by atoms with Gasteiger partial charge in [0.1, 0.15) is 40.8 Å². The van der Waals surface area contributed by atoms with Crippen LogP contribution in [0.2, 0.25) is 0 Å². The maximum atomic E-state index is 14.7. The fourth-order valence-electron chi connectivity index (χ4n) is 9.40. The Kier molecular flexibility index (Phi) is 12.9. The standard InChI is InChI=1S/C59H47N4O5P/c64-58-53(38-42-16-6-1-7-17-42)60-56(47-30-34-48(35-31-47)63(66)67)57-55(62(58)40-43-18-8-2-9-19-43)39-54(61-57)59(65)68-41-44-26-28-45(29-27-44)46-32-36-52(37-33-46)69(49-20-10-3-11-21-49,50-22-12-4-13-23-50)51-24-14-5-15-25-51/h1-37,39,53,56,60H,38,40-41H2/p+1/t53-,56+/m0/s1. The van der Waals surface area contributed by atoms with E-state index >= 15 is 0 Å². The Morgan fingerprint density at radius 3 is 1.58 bits per heavy atom. The number of esters is 1. The Bertz CT molecular complexity index is 3090. The first-order chi connectivity index (χ1) is 33.8. The van der Waals surface area contributed by atoms with E-state index in [1.165, 1.54) is 33.4 Å². The van der Waals surface area contributed by atoms with Crippen molar-refractivity contribution in [3.05, 3.63) is 274 Å². The molecule has 0 aliphatic carbocycles. The third-order valence-electron chi connectivity index (χ3n) is 12.8. The molecule has 1 aromatic heterocycles. The second-order valence-electron chi connectivity index (χ2n) is 17.1. The number of aromatic nitrogens is 1. The van der Waals surface area contributed by atoms with E-state index in [1.807, 2.05) is 84.9 Å². The van der Waals surface area contributed by atoms with Crippen LogP contribution in [0.1, 0.15) is 44.5 Å². The third-order valence-corrected chi connectivity index (χ3v) is 17.1.